The van der Waals surface area contributed by atoms with Crippen molar-refractivity contribution < 1.29 is 9.59 Å². The number of hydrogen-bond donors (Lipinski definition) is 1. The van der Waals surface area contributed by atoms with Crippen molar-refractivity contribution in [2.75, 3.05) is 5.75 Å². The molecule has 7 heteroatoms. The monoisotopic (exact) mass is 399 g/mol. The van der Waals surface area contributed by atoms with Gasteiger partial charge in [-0.1, -0.05) is 36.0 Å². The Labute approximate surface area is 166 Å². The molecular formula is C20H21N3O2S2. The third-order valence-electron chi connectivity index (χ3n) is 4.14. The molecule has 3 rings (SSSR count). The standard InChI is InChI=1S/C20H21N3O2S2/c1-13(23-14(2)24)3-4-15-5-7-16(8-6-15)18(25)11-27-20-19-17(9-10-26-19)21-12-22-20/h5-10,12-13H,3-4,11H2,1-2H3,(H,23,24)/t13-/m0/s1. The summed E-state index contributed by atoms with van der Waals surface area (Å²) in [5.41, 5.74) is 2.79. The molecule has 1 aromatic carbocycles. The summed E-state index contributed by atoms with van der Waals surface area (Å²) in [6.45, 7) is 3.52. The summed E-state index contributed by atoms with van der Waals surface area (Å²) in [5.74, 6) is 0.425. The van der Waals surface area contributed by atoms with Crippen molar-refractivity contribution in [1.82, 2.24) is 15.3 Å². The minimum atomic E-state index is -0.00976. The van der Waals surface area contributed by atoms with E-state index in [-0.39, 0.29) is 17.7 Å². The van der Waals surface area contributed by atoms with Gasteiger partial charge < -0.3 is 5.32 Å². The third kappa shape index (κ3) is 5.37. The predicted molar refractivity (Wildman–Crippen MR) is 111 cm³/mol. The minimum absolute atomic E-state index is 0.00976. The molecular weight excluding hydrogens is 378 g/mol. The lowest BCUT2D eigenvalue weighted by Gasteiger charge is -2.12. The maximum atomic E-state index is 12.5. The molecule has 2 aromatic heterocycles. The van der Waals surface area contributed by atoms with Crippen molar-refractivity contribution in [2.45, 2.75) is 37.8 Å². The molecule has 1 N–H and O–H groups in total. The number of hydrogen-bond acceptors (Lipinski definition) is 6. The van der Waals surface area contributed by atoms with Gasteiger partial charge in [0.15, 0.2) is 5.78 Å². The van der Waals surface area contributed by atoms with Gasteiger partial charge in [0.25, 0.3) is 0 Å². The Bertz CT molecular complexity index is 938. The first-order valence-corrected chi connectivity index (χ1v) is 10.6. The molecule has 27 heavy (non-hydrogen) atoms. The van der Waals surface area contributed by atoms with E-state index in [9.17, 15) is 9.59 Å². The molecule has 5 nitrogen and oxygen atoms in total. The van der Waals surface area contributed by atoms with E-state index in [0.29, 0.717) is 11.3 Å². The van der Waals surface area contributed by atoms with Crippen LogP contribution >= 0.6 is 23.1 Å². The molecule has 0 saturated heterocycles. The van der Waals surface area contributed by atoms with Gasteiger partial charge in [-0.25, -0.2) is 9.97 Å². The number of aromatic nitrogens is 2. The average molecular weight is 400 g/mol. The lowest BCUT2D eigenvalue weighted by atomic mass is 10.0. The third-order valence-corrected chi connectivity index (χ3v) is 6.17. The fraction of sp³-hybridized carbons (Fsp3) is 0.300. The first-order valence-electron chi connectivity index (χ1n) is 8.73. The van der Waals surface area contributed by atoms with Gasteiger partial charge >= 0.3 is 0 Å². The number of benzene rings is 1. The second-order valence-electron chi connectivity index (χ2n) is 6.36. The molecule has 0 saturated carbocycles. The van der Waals surface area contributed by atoms with Crippen molar-refractivity contribution in [3.05, 3.63) is 53.2 Å². The van der Waals surface area contributed by atoms with Crippen molar-refractivity contribution in [2.24, 2.45) is 0 Å². The van der Waals surface area contributed by atoms with E-state index >= 15 is 0 Å². The van der Waals surface area contributed by atoms with Crippen LogP contribution in [0.2, 0.25) is 0 Å². The van der Waals surface area contributed by atoms with E-state index in [2.05, 4.69) is 15.3 Å². The van der Waals surface area contributed by atoms with Gasteiger partial charge in [-0.2, -0.15) is 0 Å². The Morgan fingerprint density at radius 1 is 1.19 bits per heavy atom. The van der Waals surface area contributed by atoms with E-state index in [1.54, 1.807) is 17.7 Å². The number of aryl methyl sites for hydroxylation is 1. The first-order chi connectivity index (χ1) is 13.0. The fourth-order valence-electron chi connectivity index (χ4n) is 2.75. The van der Waals surface area contributed by atoms with Gasteiger partial charge in [0.2, 0.25) is 5.91 Å². The Balaban J connectivity index is 1.54. The molecule has 0 unspecified atom stereocenters. The fourth-order valence-corrected chi connectivity index (χ4v) is 4.59. The maximum absolute atomic E-state index is 12.5. The topological polar surface area (TPSA) is 72.0 Å². The Hall–Kier alpha value is -2.25. The highest BCUT2D eigenvalue weighted by atomic mass is 32.2. The zero-order valence-electron chi connectivity index (χ0n) is 15.3. The molecule has 140 valence electrons. The predicted octanol–water partition coefficient (Wildman–Crippen LogP) is 4.12. The smallest absolute Gasteiger partial charge is 0.217 e. The SMILES string of the molecule is CC(=O)N[C@@H](C)CCc1ccc(C(=O)CSc2ncnc3ccsc23)cc1. The molecule has 1 atom stereocenters. The number of nitrogens with one attached hydrogen (secondary N) is 1. The van der Waals surface area contributed by atoms with Gasteiger partial charge in [-0.3, -0.25) is 9.59 Å². The largest absolute Gasteiger partial charge is 0.354 e. The van der Waals surface area contributed by atoms with Crippen LogP contribution in [0.3, 0.4) is 0 Å². The second kappa shape index (κ2) is 9.10. The lowest BCUT2D eigenvalue weighted by Crippen LogP contribution is -2.30. The summed E-state index contributed by atoms with van der Waals surface area (Å²) in [7, 11) is 0. The van der Waals surface area contributed by atoms with E-state index in [1.807, 2.05) is 42.6 Å². The summed E-state index contributed by atoms with van der Waals surface area (Å²) in [6, 6.07) is 9.83. The number of nitrogens with zero attached hydrogens (tertiary/aromatic N) is 2. The molecule has 0 aliphatic heterocycles. The number of amides is 1. The summed E-state index contributed by atoms with van der Waals surface area (Å²) in [6.07, 6.45) is 3.27. The Morgan fingerprint density at radius 3 is 2.70 bits per heavy atom. The van der Waals surface area contributed by atoms with Crippen LogP contribution < -0.4 is 5.32 Å². The summed E-state index contributed by atoms with van der Waals surface area (Å²) in [5, 5.41) is 5.72. The number of carbonyl (C=O) groups excluding carboxylic acids is 2. The first kappa shape index (κ1) is 19.5. The van der Waals surface area contributed by atoms with E-state index in [0.717, 1.165) is 33.6 Å². The molecule has 2 heterocycles. The summed E-state index contributed by atoms with van der Waals surface area (Å²) in [4.78, 5) is 32.1. The van der Waals surface area contributed by atoms with Crippen LogP contribution in [0.1, 0.15) is 36.2 Å². The highest BCUT2D eigenvalue weighted by Gasteiger charge is 2.11. The van der Waals surface area contributed by atoms with Crippen LogP contribution in [0, 0.1) is 0 Å². The van der Waals surface area contributed by atoms with Gasteiger partial charge in [0.05, 0.1) is 16.0 Å². The molecule has 3 aromatic rings. The van der Waals surface area contributed by atoms with E-state index in [1.165, 1.54) is 18.7 Å². The second-order valence-corrected chi connectivity index (χ2v) is 8.24. The van der Waals surface area contributed by atoms with Crippen LogP contribution in [-0.2, 0) is 11.2 Å². The van der Waals surface area contributed by atoms with Gasteiger partial charge in [-0.05, 0) is 36.8 Å². The Morgan fingerprint density at radius 2 is 1.96 bits per heavy atom. The van der Waals surface area contributed by atoms with Crippen LogP contribution in [0.25, 0.3) is 10.2 Å². The van der Waals surface area contributed by atoms with E-state index in [4.69, 9.17) is 0 Å². The maximum Gasteiger partial charge on any atom is 0.217 e. The molecule has 0 bridgehead atoms. The van der Waals surface area contributed by atoms with Gasteiger partial charge in [0.1, 0.15) is 11.4 Å². The number of fused-ring (bicyclic) bond motifs is 1. The van der Waals surface area contributed by atoms with Crippen LogP contribution in [0.15, 0.2) is 47.1 Å². The Kier molecular flexibility index (Phi) is 6.58. The molecule has 0 fully saturated rings. The van der Waals surface area contributed by atoms with Gasteiger partial charge in [0, 0.05) is 18.5 Å². The zero-order valence-corrected chi connectivity index (χ0v) is 16.9. The number of ketones is 1. The van der Waals surface area contributed by atoms with Crippen molar-refractivity contribution in [3.63, 3.8) is 0 Å². The van der Waals surface area contributed by atoms with Crippen molar-refractivity contribution in [1.29, 1.82) is 0 Å². The summed E-state index contributed by atoms with van der Waals surface area (Å²) >= 11 is 3.04. The summed E-state index contributed by atoms with van der Waals surface area (Å²) < 4.78 is 1.03. The van der Waals surface area contributed by atoms with Crippen LogP contribution in [-0.4, -0.2) is 33.5 Å². The number of rotatable bonds is 8. The van der Waals surface area contributed by atoms with Crippen molar-refractivity contribution in [3.8, 4) is 0 Å². The zero-order chi connectivity index (χ0) is 19.2. The molecule has 0 radical (unpaired) electrons. The highest BCUT2D eigenvalue weighted by Crippen LogP contribution is 2.29. The minimum Gasteiger partial charge on any atom is -0.354 e. The van der Waals surface area contributed by atoms with Gasteiger partial charge in [-0.15, -0.1) is 11.3 Å². The van der Waals surface area contributed by atoms with Crippen LogP contribution in [0.5, 0.6) is 0 Å². The molecule has 1 amide bonds. The quantitative estimate of drug-likeness (QED) is 0.350. The number of carbonyl (C=O) groups is 2. The average Bonchev–Trinajstić information content (AvgIpc) is 3.13. The number of thiophene rings is 1. The van der Waals surface area contributed by atoms with Crippen molar-refractivity contribution >= 4 is 45.0 Å². The number of Topliss-reactive ketones (excluding diaryl/α,β-unsaturated/α-hetero) is 1. The normalized spacial score (nSPS) is 12.1. The number of thioether (sulfide) groups is 1. The highest BCUT2D eigenvalue weighted by molar-refractivity contribution is 8.00. The lowest BCUT2D eigenvalue weighted by molar-refractivity contribution is -0.119. The molecule has 0 spiro atoms. The van der Waals surface area contributed by atoms with Crippen LogP contribution in [0.4, 0.5) is 0 Å². The van der Waals surface area contributed by atoms with E-state index < -0.39 is 0 Å². The molecule has 0 aliphatic rings. The molecule has 0 aliphatic carbocycles.